The fraction of sp³-hybridized carbons (Fsp3) is 0.462. The fourth-order valence-corrected chi connectivity index (χ4v) is 2.41. The lowest BCUT2D eigenvalue weighted by Crippen LogP contribution is -2.37. The Hall–Kier alpha value is -2.56. The van der Waals surface area contributed by atoms with Crippen molar-refractivity contribution in [3.05, 3.63) is 11.8 Å². The molecule has 2 N–H and O–H groups in total. The van der Waals surface area contributed by atoms with Crippen LogP contribution in [-0.4, -0.2) is 65.1 Å². The van der Waals surface area contributed by atoms with Crippen molar-refractivity contribution in [3.8, 4) is 0 Å². The summed E-state index contributed by atoms with van der Waals surface area (Å²) < 4.78 is 9.58. The van der Waals surface area contributed by atoms with Gasteiger partial charge in [-0.25, -0.2) is 4.79 Å². The molecule has 10 nitrogen and oxygen atoms in total. The number of amides is 4. The van der Waals surface area contributed by atoms with Crippen molar-refractivity contribution >= 4 is 41.4 Å². The second-order valence-corrected chi connectivity index (χ2v) is 5.79. The lowest BCUT2D eigenvalue weighted by atomic mass is 10.5. The molecule has 1 aliphatic rings. The summed E-state index contributed by atoms with van der Waals surface area (Å²) in [6.07, 6.45) is 0. The van der Waals surface area contributed by atoms with Crippen LogP contribution in [0.15, 0.2) is 10.6 Å². The third kappa shape index (κ3) is 5.26. The van der Waals surface area contributed by atoms with E-state index < -0.39 is 24.5 Å². The molecule has 0 atom stereocenters. The van der Waals surface area contributed by atoms with Crippen LogP contribution in [0.2, 0.25) is 0 Å². The largest absolute Gasteiger partial charge is 0.455 e. The molecule has 0 saturated carbocycles. The van der Waals surface area contributed by atoms with Crippen LogP contribution < -0.4 is 10.6 Å². The molecule has 0 aliphatic carbocycles. The van der Waals surface area contributed by atoms with E-state index in [-0.39, 0.29) is 24.0 Å². The first kappa shape index (κ1) is 17.8. The maximum atomic E-state index is 11.6. The Morgan fingerprint density at radius 2 is 2.25 bits per heavy atom. The summed E-state index contributed by atoms with van der Waals surface area (Å²) in [6.45, 7) is 1.83. The second-order valence-electron chi connectivity index (χ2n) is 4.80. The Kier molecular flexibility index (Phi) is 6.18. The number of aryl methyl sites for hydroxylation is 1. The number of hydrogen-bond acceptors (Lipinski definition) is 8. The van der Waals surface area contributed by atoms with Gasteiger partial charge in [-0.2, -0.15) is 0 Å². The average Bonchev–Trinajstić information content (AvgIpc) is 3.13. The number of esters is 1. The zero-order valence-corrected chi connectivity index (χ0v) is 13.7. The molecule has 2 rings (SSSR count). The summed E-state index contributed by atoms with van der Waals surface area (Å²) in [5.41, 5.74) is 0. The quantitative estimate of drug-likeness (QED) is 0.640. The Balaban J connectivity index is 1.60. The van der Waals surface area contributed by atoms with Crippen LogP contribution in [0.5, 0.6) is 0 Å². The molecule has 0 spiro atoms. The van der Waals surface area contributed by atoms with Gasteiger partial charge in [-0.1, -0.05) is 5.16 Å². The molecule has 2 heterocycles. The number of ether oxygens (including phenoxy) is 1. The summed E-state index contributed by atoms with van der Waals surface area (Å²) in [5.74, 6) is -0.770. The number of carbonyl (C=O) groups is 4. The molecular formula is C13H16N4O6S. The van der Waals surface area contributed by atoms with Gasteiger partial charge in [0, 0.05) is 19.2 Å². The minimum atomic E-state index is -0.641. The standard InChI is InChI=1S/C13H16N4O6S/c1-8-4-9(16-23-8)15-10(18)6-24-7-12(20)22-5-11(19)17-3-2-14-13(17)21/h4H,2-3,5-7H2,1H3,(H,14,21)(H,15,16,18). The average molecular weight is 356 g/mol. The third-order valence-corrected chi connectivity index (χ3v) is 3.77. The van der Waals surface area contributed by atoms with Gasteiger partial charge in [0.2, 0.25) is 5.91 Å². The van der Waals surface area contributed by atoms with Crippen LogP contribution in [0.3, 0.4) is 0 Å². The SMILES string of the molecule is Cc1cc(NC(=O)CSCC(=O)OCC(=O)N2CCNC2=O)no1. The van der Waals surface area contributed by atoms with E-state index in [4.69, 9.17) is 9.26 Å². The van der Waals surface area contributed by atoms with Gasteiger partial charge in [-0.05, 0) is 6.92 Å². The lowest BCUT2D eigenvalue weighted by molar-refractivity contribution is -0.148. The van der Waals surface area contributed by atoms with Crippen molar-refractivity contribution in [3.63, 3.8) is 0 Å². The first-order valence-corrected chi connectivity index (χ1v) is 8.16. The minimum absolute atomic E-state index is 0.0173. The monoisotopic (exact) mass is 356 g/mol. The molecule has 1 aromatic rings. The van der Waals surface area contributed by atoms with Crippen molar-refractivity contribution in [1.82, 2.24) is 15.4 Å². The predicted molar refractivity (Wildman–Crippen MR) is 83.3 cm³/mol. The number of hydrogen-bond donors (Lipinski definition) is 2. The molecule has 0 radical (unpaired) electrons. The summed E-state index contributed by atoms with van der Waals surface area (Å²) >= 11 is 1.03. The van der Waals surface area contributed by atoms with E-state index in [1.165, 1.54) is 0 Å². The van der Waals surface area contributed by atoms with E-state index in [0.29, 0.717) is 18.1 Å². The van der Waals surface area contributed by atoms with Gasteiger partial charge in [0.25, 0.3) is 5.91 Å². The molecule has 0 bridgehead atoms. The molecule has 130 valence electrons. The number of nitrogens with zero attached hydrogens (tertiary/aromatic N) is 2. The number of imide groups is 1. The van der Waals surface area contributed by atoms with E-state index in [9.17, 15) is 19.2 Å². The van der Waals surface area contributed by atoms with Gasteiger partial charge in [-0.3, -0.25) is 19.3 Å². The smallest absolute Gasteiger partial charge is 0.324 e. The van der Waals surface area contributed by atoms with Crippen molar-refractivity contribution in [2.45, 2.75) is 6.92 Å². The zero-order chi connectivity index (χ0) is 17.5. The first-order valence-electron chi connectivity index (χ1n) is 7.00. The maximum absolute atomic E-state index is 11.6. The van der Waals surface area contributed by atoms with Crippen molar-refractivity contribution < 1.29 is 28.4 Å². The van der Waals surface area contributed by atoms with Gasteiger partial charge in [0.15, 0.2) is 12.4 Å². The minimum Gasteiger partial charge on any atom is -0.455 e. The van der Waals surface area contributed by atoms with Crippen molar-refractivity contribution in [2.75, 3.05) is 36.5 Å². The van der Waals surface area contributed by atoms with Crippen molar-refractivity contribution in [1.29, 1.82) is 0 Å². The highest BCUT2D eigenvalue weighted by molar-refractivity contribution is 8.00. The van der Waals surface area contributed by atoms with Crippen LogP contribution in [0, 0.1) is 6.92 Å². The van der Waals surface area contributed by atoms with Crippen LogP contribution in [-0.2, 0) is 19.1 Å². The number of nitrogens with one attached hydrogen (secondary N) is 2. The second kappa shape index (κ2) is 8.34. The molecule has 0 aromatic carbocycles. The van der Waals surface area contributed by atoms with Crippen LogP contribution in [0.25, 0.3) is 0 Å². The van der Waals surface area contributed by atoms with Gasteiger partial charge >= 0.3 is 12.0 Å². The molecular weight excluding hydrogens is 340 g/mol. The topological polar surface area (TPSA) is 131 Å². The number of thioether (sulfide) groups is 1. The summed E-state index contributed by atoms with van der Waals surface area (Å²) in [5, 5.41) is 8.59. The Morgan fingerprint density at radius 1 is 1.46 bits per heavy atom. The van der Waals surface area contributed by atoms with Crippen LogP contribution in [0.1, 0.15) is 5.76 Å². The molecule has 0 unspecified atom stereocenters. The third-order valence-electron chi connectivity index (χ3n) is 2.86. The molecule has 11 heteroatoms. The maximum Gasteiger partial charge on any atom is 0.324 e. The summed E-state index contributed by atoms with van der Waals surface area (Å²) in [4.78, 5) is 47.0. The lowest BCUT2D eigenvalue weighted by Gasteiger charge is -2.11. The number of urea groups is 1. The van der Waals surface area contributed by atoms with Gasteiger partial charge in [-0.15, -0.1) is 11.8 Å². The Morgan fingerprint density at radius 3 is 2.88 bits per heavy atom. The number of carbonyl (C=O) groups excluding carboxylic acids is 4. The van der Waals surface area contributed by atoms with E-state index in [1.54, 1.807) is 13.0 Å². The fourth-order valence-electron chi connectivity index (χ4n) is 1.80. The normalized spacial score (nSPS) is 13.5. The van der Waals surface area contributed by atoms with Crippen molar-refractivity contribution in [2.24, 2.45) is 0 Å². The highest BCUT2D eigenvalue weighted by Crippen LogP contribution is 2.08. The predicted octanol–water partition coefficient (Wildman–Crippen LogP) is -0.250. The summed E-state index contributed by atoms with van der Waals surface area (Å²) in [6, 6.07) is 1.07. The van der Waals surface area contributed by atoms with Gasteiger partial charge in [0.1, 0.15) is 5.76 Å². The van der Waals surface area contributed by atoms with Crippen LogP contribution in [0.4, 0.5) is 10.6 Å². The van der Waals surface area contributed by atoms with E-state index in [0.717, 1.165) is 16.7 Å². The Labute approximate surface area is 141 Å². The summed E-state index contributed by atoms with van der Waals surface area (Å²) in [7, 11) is 0. The van der Waals surface area contributed by atoms with Gasteiger partial charge < -0.3 is 19.9 Å². The number of aromatic nitrogens is 1. The molecule has 24 heavy (non-hydrogen) atoms. The Bertz CT molecular complexity index is 646. The number of anilines is 1. The first-order chi connectivity index (χ1) is 11.5. The van der Waals surface area contributed by atoms with E-state index in [2.05, 4.69) is 15.8 Å². The molecule has 1 fully saturated rings. The van der Waals surface area contributed by atoms with E-state index in [1.807, 2.05) is 0 Å². The molecule has 1 aromatic heterocycles. The zero-order valence-electron chi connectivity index (χ0n) is 12.9. The molecule has 1 saturated heterocycles. The van der Waals surface area contributed by atoms with E-state index >= 15 is 0 Å². The highest BCUT2D eigenvalue weighted by Gasteiger charge is 2.26. The highest BCUT2D eigenvalue weighted by atomic mass is 32.2. The number of rotatable bonds is 7. The van der Waals surface area contributed by atoms with Crippen LogP contribution >= 0.6 is 11.8 Å². The molecule has 4 amide bonds. The molecule has 1 aliphatic heterocycles. The van der Waals surface area contributed by atoms with Gasteiger partial charge in [0.05, 0.1) is 11.5 Å².